The molecule has 0 saturated carbocycles. The fraction of sp³-hybridized carbons (Fsp3) is 0.652. The van der Waals surface area contributed by atoms with E-state index < -0.39 is 32.9 Å². The lowest BCUT2D eigenvalue weighted by atomic mass is 10.0. The van der Waals surface area contributed by atoms with Crippen LogP contribution in [0.2, 0.25) is 78.6 Å². The Hall–Kier alpha value is -0.972. The number of benzene rings is 1. The summed E-state index contributed by atoms with van der Waals surface area (Å²) < 4.78 is 5.05. The van der Waals surface area contributed by atoms with Crippen LogP contribution in [0.3, 0.4) is 0 Å². The van der Waals surface area contributed by atoms with Gasteiger partial charge in [-0.1, -0.05) is 109 Å². The molecule has 0 aromatic heterocycles. The van der Waals surface area contributed by atoms with Crippen LogP contribution in [0.15, 0.2) is 40.5 Å². The second-order valence-electron chi connectivity index (χ2n) is 12.6. The van der Waals surface area contributed by atoms with Gasteiger partial charge in [0.2, 0.25) is 0 Å². The number of hydrogen-bond acceptors (Lipinski definition) is 4. The van der Waals surface area contributed by atoms with Gasteiger partial charge in [0.25, 0.3) is 0 Å². The molecular formula is C23H48N4Si4. The molecule has 0 aliphatic rings. The lowest BCUT2D eigenvalue weighted by Crippen LogP contribution is -2.56. The Morgan fingerprint density at radius 2 is 1.00 bits per heavy atom. The molecule has 0 bridgehead atoms. The van der Waals surface area contributed by atoms with Crippen LogP contribution in [0.4, 0.5) is 0 Å². The number of rotatable bonds is 10. The Morgan fingerprint density at radius 3 is 1.39 bits per heavy atom. The van der Waals surface area contributed by atoms with Gasteiger partial charge in [0.05, 0.1) is 5.71 Å². The minimum absolute atomic E-state index is 0.927. The van der Waals surface area contributed by atoms with E-state index in [0.717, 1.165) is 12.8 Å². The molecule has 0 unspecified atom stereocenters. The fourth-order valence-electron chi connectivity index (χ4n) is 4.14. The molecule has 0 saturated heterocycles. The zero-order valence-electron chi connectivity index (χ0n) is 22.6. The number of hydrogen-bond donors (Lipinski definition) is 0. The predicted octanol–water partition coefficient (Wildman–Crippen LogP) is 7.49. The lowest BCUT2D eigenvalue weighted by molar-refractivity contribution is 0.657. The summed E-state index contributed by atoms with van der Waals surface area (Å²) in [5.41, 5.74) is 3.66. The topological polar surface area (TPSA) is 31.2 Å². The first-order valence-electron chi connectivity index (χ1n) is 11.6. The second kappa shape index (κ2) is 10.3. The van der Waals surface area contributed by atoms with Crippen LogP contribution in [0.1, 0.15) is 25.3 Å². The van der Waals surface area contributed by atoms with E-state index in [4.69, 9.17) is 10.2 Å². The smallest absolute Gasteiger partial charge is 0.158 e. The van der Waals surface area contributed by atoms with Gasteiger partial charge < -0.3 is 8.68 Å². The number of nitrogens with zero attached hydrogens (tertiary/aromatic N) is 4. The van der Waals surface area contributed by atoms with E-state index in [-0.39, 0.29) is 0 Å². The standard InChI is InChI=1S/C23H48N4Si4/c1-21(24-26(28(2,3)4)29(5,6)7)19-20-23(22-17-15-14-16-18-22)25-27(30(8,9)10)31(11,12)13/h14-18H,19-20H2,1-13H3/b24-21+,25-23-. The van der Waals surface area contributed by atoms with Crippen molar-refractivity contribution in [2.45, 2.75) is 98.3 Å². The second-order valence-corrected chi connectivity index (χ2v) is 32.5. The van der Waals surface area contributed by atoms with E-state index >= 15 is 0 Å². The van der Waals surface area contributed by atoms with Crippen LogP contribution in [0.25, 0.3) is 0 Å². The lowest BCUT2D eigenvalue weighted by Gasteiger charge is -2.42. The molecule has 0 fully saturated rings. The van der Waals surface area contributed by atoms with Crippen molar-refractivity contribution in [1.29, 1.82) is 0 Å². The summed E-state index contributed by atoms with van der Waals surface area (Å²) in [7, 11) is -6.14. The monoisotopic (exact) mass is 492 g/mol. The molecule has 0 aliphatic heterocycles. The molecular weight excluding hydrogens is 445 g/mol. The third kappa shape index (κ3) is 9.19. The van der Waals surface area contributed by atoms with Crippen molar-refractivity contribution in [3.63, 3.8) is 0 Å². The summed E-state index contributed by atoms with van der Waals surface area (Å²) in [6, 6.07) is 10.7. The highest BCUT2D eigenvalue weighted by atomic mass is 28.4. The van der Waals surface area contributed by atoms with Gasteiger partial charge in [0, 0.05) is 5.71 Å². The third-order valence-electron chi connectivity index (χ3n) is 4.86. The molecule has 0 spiro atoms. The molecule has 1 rings (SSSR count). The van der Waals surface area contributed by atoms with Crippen molar-refractivity contribution in [2.75, 3.05) is 0 Å². The average Bonchev–Trinajstić information content (AvgIpc) is 2.56. The Morgan fingerprint density at radius 1 is 0.613 bits per heavy atom. The van der Waals surface area contributed by atoms with Gasteiger partial charge in [0.15, 0.2) is 32.9 Å². The summed E-state index contributed by atoms with van der Waals surface area (Å²) in [6.45, 7) is 31.0. The maximum absolute atomic E-state index is 5.36. The average molecular weight is 493 g/mol. The molecule has 0 N–H and O–H groups in total. The van der Waals surface area contributed by atoms with Gasteiger partial charge in [-0.2, -0.15) is 5.10 Å². The van der Waals surface area contributed by atoms with E-state index in [1.54, 1.807) is 0 Å². The Labute approximate surface area is 197 Å². The van der Waals surface area contributed by atoms with Crippen LogP contribution >= 0.6 is 0 Å². The SMILES string of the molecule is C/C(CC/C(=N/N([Si](C)(C)C)[Si](C)(C)C)c1ccccc1)=N\N([Si](C)(C)C)[Si](C)(C)C. The predicted molar refractivity (Wildman–Crippen MR) is 152 cm³/mol. The summed E-state index contributed by atoms with van der Waals surface area (Å²) in [6.07, 6.45) is 1.88. The van der Waals surface area contributed by atoms with Crippen molar-refractivity contribution < 1.29 is 0 Å². The van der Waals surface area contributed by atoms with Gasteiger partial charge >= 0.3 is 0 Å². The number of hydrazone groups is 2. The van der Waals surface area contributed by atoms with Gasteiger partial charge in [0.1, 0.15) is 0 Å². The Bertz CT molecular complexity index is 736. The molecule has 1 aromatic rings. The van der Waals surface area contributed by atoms with Crippen molar-refractivity contribution in [2.24, 2.45) is 10.2 Å². The largest absolute Gasteiger partial charge is 0.350 e. The van der Waals surface area contributed by atoms with Crippen molar-refractivity contribution in [1.82, 2.24) is 8.68 Å². The van der Waals surface area contributed by atoms with Crippen molar-refractivity contribution >= 4 is 44.4 Å². The van der Waals surface area contributed by atoms with Crippen LogP contribution in [0.5, 0.6) is 0 Å². The molecule has 1 aromatic carbocycles. The zero-order valence-corrected chi connectivity index (χ0v) is 26.6. The van der Waals surface area contributed by atoms with E-state index in [0.29, 0.717) is 0 Å². The molecule has 8 heteroatoms. The molecule has 0 atom stereocenters. The van der Waals surface area contributed by atoms with Crippen LogP contribution in [0, 0.1) is 0 Å². The molecule has 176 valence electrons. The maximum Gasteiger partial charge on any atom is 0.158 e. The summed E-state index contributed by atoms with van der Waals surface area (Å²) >= 11 is 0. The summed E-state index contributed by atoms with van der Waals surface area (Å²) in [5.74, 6) is 0. The summed E-state index contributed by atoms with van der Waals surface area (Å²) in [5, 5.41) is 10.5. The minimum atomic E-state index is -1.57. The summed E-state index contributed by atoms with van der Waals surface area (Å²) in [4.78, 5) is 0. The van der Waals surface area contributed by atoms with E-state index in [1.807, 2.05) is 0 Å². The zero-order chi connectivity index (χ0) is 24.3. The normalized spacial score (nSPS) is 14.6. The van der Waals surface area contributed by atoms with Gasteiger partial charge in [-0.25, -0.2) is 5.10 Å². The van der Waals surface area contributed by atoms with Crippen LogP contribution in [-0.2, 0) is 0 Å². The van der Waals surface area contributed by atoms with Gasteiger partial charge in [-0.05, 0) is 25.3 Å². The Kier molecular flexibility index (Phi) is 9.33. The van der Waals surface area contributed by atoms with Crippen molar-refractivity contribution in [3.8, 4) is 0 Å². The maximum atomic E-state index is 5.36. The molecule has 0 amide bonds. The first-order chi connectivity index (χ1) is 13.8. The fourth-order valence-corrected chi connectivity index (χ4v) is 22.0. The highest BCUT2D eigenvalue weighted by Crippen LogP contribution is 2.23. The molecule has 0 aliphatic carbocycles. The van der Waals surface area contributed by atoms with Gasteiger partial charge in [-0.3, -0.25) is 0 Å². The van der Waals surface area contributed by atoms with E-state index in [1.165, 1.54) is 17.0 Å². The van der Waals surface area contributed by atoms with Crippen molar-refractivity contribution in [3.05, 3.63) is 35.9 Å². The highest BCUT2D eigenvalue weighted by molar-refractivity contribution is 6.90. The highest BCUT2D eigenvalue weighted by Gasteiger charge is 2.35. The molecule has 0 heterocycles. The van der Waals surface area contributed by atoms with Gasteiger partial charge in [-0.15, -0.1) is 0 Å². The molecule has 4 nitrogen and oxygen atoms in total. The van der Waals surface area contributed by atoms with Crippen LogP contribution in [-0.4, -0.2) is 53.0 Å². The minimum Gasteiger partial charge on any atom is -0.350 e. The Balaban J connectivity index is 3.30. The first kappa shape index (κ1) is 28.1. The van der Waals surface area contributed by atoms with Crippen LogP contribution < -0.4 is 0 Å². The van der Waals surface area contributed by atoms with E-state index in [2.05, 4.69) is 124 Å². The quantitative estimate of drug-likeness (QED) is 0.192. The molecule has 31 heavy (non-hydrogen) atoms. The molecule has 0 radical (unpaired) electrons. The van der Waals surface area contributed by atoms with E-state index in [9.17, 15) is 0 Å². The first-order valence-corrected chi connectivity index (χ1v) is 25.4. The third-order valence-corrected chi connectivity index (χ3v) is 18.4.